The molecule has 0 fully saturated rings. The highest BCUT2D eigenvalue weighted by atomic mass is 16.5. The van der Waals surface area contributed by atoms with Crippen LogP contribution in [0.15, 0.2) is 66.9 Å². The van der Waals surface area contributed by atoms with E-state index in [0.29, 0.717) is 16.9 Å². The minimum atomic E-state index is -0.577. The molecule has 0 N–H and O–H groups in total. The summed E-state index contributed by atoms with van der Waals surface area (Å²) in [6.07, 6.45) is 1.99. The van der Waals surface area contributed by atoms with Crippen molar-refractivity contribution in [3.05, 3.63) is 78.0 Å². The third kappa shape index (κ3) is 5.04. The Morgan fingerprint density at radius 2 is 1.56 bits per heavy atom. The van der Waals surface area contributed by atoms with E-state index in [9.17, 15) is 14.4 Å². The average Bonchev–Trinajstić information content (AvgIpc) is 2.66. The van der Waals surface area contributed by atoms with Crippen LogP contribution in [-0.2, 0) is 4.74 Å². The maximum Gasteiger partial charge on any atom is 0.413 e. The predicted octanol–water partition coefficient (Wildman–Crippen LogP) is 3.30. The number of nitrogens with zero attached hydrogens (tertiary/aromatic N) is 1. The second-order valence-corrected chi connectivity index (χ2v) is 5.04. The predicted molar refractivity (Wildman–Crippen MR) is 91.5 cm³/mol. The van der Waals surface area contributed by atoms with Crippen LogP contribution >= 0.6 is 0 Å². The van der Waals surface area contributed by atoms with E-state index >= 15 is 0 Å². The van der Waals surface area contributed by atoms with Crippen molar-refractivity contribution in [3.63, 3.8) is 0 Å². The molecular weight excluding hydrogens is 322 g/mol. The van der Waals surface area contributed by atoms with Gasteiger partial charge in [-0.05, 0) is 36.4 Å². The maximum absolute atomic E-state index is 12.0. The molecule has 128 valence electrons. The Kier molecular flexibility index (Phi) is 6.06. The summed E-state index contributed by atoms with van der Waals surface area (Å²) in [5, 5.41) is 0. The summed E-state index contributed by atoms with van der Waals surface area (Å²) < 4.78 is 9.76. The lowest BCUT2D eigenvalue weighted by atomic mass is 10.1. The van der Waals surface area contributed by atoms with Gasteiger partial charge in [-0.2, -0.15) is 0 Å². The molecule has 25 heavy (non-hydrogen) atoms. The van der Waals surface area contributed by atoms with Crippen molar-refractivity contribution in [1.29, 1.82) is 0 Å². The van der Waals surface area contributed by atoms with Crippen molar-refractivity contribution in [2.24, 2.45) is 0 Å². The summed E-state index contributed by atoms with van der Waals surface area (Å²) in [4.78, 5) is 36.4. The molecule has 0 aromatic heterocycles. The van der Waals surface area contributed by atoms with Gasteiger partial charge in [-0.15, -0.1) is 0 Å². The number of methoxy groups -OCH3 is 1. The number of ketones is 1. The van der Waals surface area contributed by atoms with Crippen LogP contribution in [0.2, 0.25) is 0 Å². The lowest BCUT2D eigenvalue weighted by Gasteiger charge is -2.09. The first-order valence-corrected chi connectivity index (χ1v) is 7.42. The number of amides is 1. The summed E-state index contributed by atoms with van der Waals surface area (Å²) in [6, 6.07) is 14.8. The molecule has 0 heterocycles. The van der Waals surface area contributed by atoms with Gasteiger partial charge in [0.1, 0.15) is 5.75 Å². The normalized spacial score (nSPS) is 10.3. The average molecular weight is 339 g/mol. The second kappa shape index (κ2) is 8.44. The van der Waals surface area contributed by atoms with Crippen molar-refractivity contribution in [2.45, 2.75) is 0 Å². The van der Waals surface area contributed by atoms with Gasteiger partial charge in [-0.25, -0.2) is 9.59 Å². The highest BCUT2D eigenvalue weighted by Crippen LogP contribution is 2.15. The molecule has 2 aromatic carbocycles. The Morgan fingerprint density at radius 1 is 0.920 bits per heavy atom. The van der Waals surface area contributed by atoms with E-state index in [-0.39, 0.29) is 5.78 Å². The third-order valence-corrected chi connectivity index (χ3v) is 3.27. The molecule has 0 bridgehead atoms. The lowest BCUT2D eigenvalue weighted by molar-refractivity contribution is 0.0734. The SMILES string of the molecule is COC(=O)N(C)C=CC(=O)c1ccc(OC(=O)c2ccccc2)cc1. The number of hydrogen-bond donors (Lipinski definition) is 0. The second-order valence-electron chi connectivity index (χ2n) is 5.04. The van der Waals surface area contributed by atoms with E-state index in [1.54, 1.807) is 36.4 Å². The zero-order chi connectivity index (χ0) is 18.2. The summed E-state index contributed by atoms with van der Waals surface area (Å²) in [5.74, 6) is -0.433. The molecule has 6 heteroatoms. The largest absolute Gasteiger partial charge is 0.453 e. The topological polar surface area (TPSA) is 72.9 Å². The molecule has 0 unspecified atom stereocenters. The van der Waals surface area contributed by atoms with Crippen LogP contribution in [0.5, 0.6) is 5.75 Å². The first-order chi connectivity index (χ1) is 12.0. The standard InChI is InChI=1S/C19H17NO5/c1-20(19(23)24-2)13-12-17(21)14-8-10-16(11-9-14)25-18(22)15-6-4-3-5-7-15/h3-13H,1-2H3. The quantitative estimate of drug-likeness (QED) is 0.362. The van der Waals surface area contributed by atoms with Crippen LogP contribution < -0.4 is 4.74 Å². The number of ether oxygens (including phenoxy) is 2. The van der Waals surface area contributed by atoms with Gasteiger partial charge in [0.2, 0.25) is 0 Å². The van der Waals surface area contributed by atoms with Gasteiger partial charge in [0, 0.05) is 24.9 Å². The van der Waals surface area contributed by atoms with E-state index in [1.165, 1.54) is 38.6 Å². The van der Waals surface area contributed by atoms with Gasteiger partial charge in [0.15, 0.2) is 5.78 Å². The molecule has 0 aliphatic carbocycles. The molecule has 0 saturated heterocycles. The summed E-state index contributed by atoms with van der Waals surface area (Å²) in [5.41, 5.74) is 0.838. The molecule has 2 aromatic rings. The summed E-state index contributed by atoms with van der Waals surface area (Å²) in [7, 11) is 2.73. The number of carbonyl (C=O) groups excluding carboxylic acids is 3. The summed E-state index contributed by atoms with van der Waals surface area (Å²) in [6.45, 7) is 0. The van der Waals surface area contributed by atoms with Gasteiger partial charge in [0.05, 0.1) is 12.7 Å². The fourth-order valence-electron chi connectivity index (χ4n) is 1.91. The molecule has 0 radical (unpaired) electrons. The lowest BCUT2D eigenvalue weighted by Crippen LogP contribution is -2.20. The zero-order valence-electron chi connectivity index (χ0n) is 13.8. The van der Waals surface area contributed by atoms with E-state index < -0.39 is 12.1 Å². The fourth-order valence-corrected chi connectivity index (χ4v) is 1.91. The number of rotatable bonds is 5. The van der Waals surface area contributed by atoms with Gasteiger partial charge >= 0.3 is 12.1 Å². The molecule has 0 saturated carbocycles. The number of hydrogen-bond acceptors (Lipinski definition) is 5. The number of carbonyl (C=O) groups is 3. The molecule has 2 rings (SSSR count). The van der Waals surface area contributed by atoms with Gasteiger partial charge in [-0.1, -0.05) is 18.2 Å². The highest BCUT2D eigenvalue weighted by molar-refractivity contribution is 6.04. The Morgan fingerprint density at radius 3 is 2.16 bits per heavy atom. The van der Waals surface area contributed by atoms with Crippen molar-refractivity contribution in [3.8, 4) is 5.75 Å². The molecule has 6 nitrogen and oxygen atoms in total. The van der Waals surface area contributed by atoms with Crippen molar-refractivity contribution < 1.29 is 23.9 Å². The Bertz CT molecular complexity index is 781. The first-order valence-electron chi connectivity index (χ1n) is 7.42. The Labute approximate surface area is 145 Å². The van der Waals surface area contributed by atoms with E-state index in [2.05, 4.69) is 4.74 Å². The van der Waals surface area contributed by atoms with Crippen LogP contribution in [-0.4, -0.2) is 36.9 Å². The van der Waals surface area contributed by atoms with Crippen molar-refractivity contribution in [1.82, 2.24) is 4.90 Å². The number of esters is 1. The number of benzene rings is 2. The van der Waals surface area contributed by atoms with Crippen molar-refractivity contribution >= 4 is 17.8 Å². The van der Waals surface area contributed by atoms with E-state index in [4.69, 9.17) is 4.74 Å². The van der Waals surface area contributed by atoms with Crippen LogP contribution in [0.1, 0.15) is 20.7 Å². The maximum atomic E-state index is 12.0. The van der Waals surface area contributed by atoms with Crippen LogP contribution in [0.3, 0.4) is 0 Å². The monoisotopic (exact) mass is 339 g/mol. The van der Waals surface area contributed by atoms with E-state index in [1.807, 2.05) is 6.07 Å². The Balaban J connectivity index is 1.99. The molecule has 0 aliphatic heterocycles. The smallest absolute Gasteiger partial charge is 0.413 e. The Hall–Kier alpha value is -3.41. The molecule has 1 amide bonds. The molecule has 0 atom stereocenters. The minimum absolute atomic E-state index is 0.295. The van der Waals surface area contributed by atoms with Crippen LogP contribution in [0.4, 0.5) is 4.79 Å². The fraction of sp³-hybridized carbons (Fsp3) is 0.105. The van der Waals surface area contributed by atoms with Gasteiger partial charge < -0.3 is 9.47 Å². The van der Waals surface area contributed by atoms with Crippen LogP contribution in [0, 0.1) is 0 Å². The van der Waals surface area contributed by atoms with Gasteiger partial charge in [0.25, 0.3) is 0 Å². The summed E-state index contributed by atoms with van der Waals surface area (Å²) >= 11 is 0. The first kappa shape index (κ1) is 17.9. The van der Waals surface area contributed by atoms with E-state index in [0.717, 1.165) is 4.90 Å². The zero-order valence-corrected chi connectivity index (χ0v) is 13.8. The highest BCUT2D eigenvalue weighted by Gasteiger charge is 2.09. The minimum Gasteiger partial charge on any atom is -0.453 e. The third-order valence-electron chi connectivity index (χ3n) is 3.27. The molecule has 0 aliphatic rings. The van der Waals surface area contributed by atoms with Gasteiger partial charge in [-0.3, -0.25) is 9.69 Å². The number of allylic oxidation sites excluding steroid dienone is 1. The van der Waals surface area contributed by atoms with Crippen molar-refractivity contribution in [2.75, 3.05) is 14.2 Å². The molecule has 0 spiro atoms. The molecular formula is C19H17NO5. The van der Waals surface area contributed by atoms with Crippen LogP contribution in [0.25, 0.3) is 0 Å².